The van der Waals surface area contributed by atoms with E-state index in [4.69, 9.17) is 4.74 Å². The number of rotatable bonds is 5. The molecule has 0 heterocycles. The third-order valence-corrected chi connectivity index (χ3v) is 2.79. The van der Waals surface area contributed by atoms with Crippen LogP contribution in [-0.4, -0.2) is 35.8 Å². The first kappa shape index (κ1) is 14.0. The van der Waals surface area contributed by atoms with Gasteiger partial charge in [0.25, 0.3) is 0 Å². The van der Waals surface area contributed by atoms with Crippen LogP contribution in [0.2, 0.25) is 0 Å². The molecule has 1 aromatic carbocycles. The lowest BCUT2D eigenvalue weighted by Gasteiger charge is -2.18. The van der Waals surface area contributed by atoms with Gasteiger partial charge in [-0.25, -0.2) is 0 Å². The normalized spacial score (nSPS) is 12.0. The van der Waals surface area contributed by atoms with E-state index in [1.807, 2.05) is 38.1 Å². The van der Waals surface area contributed by atoms with Crippen LogP contribution in [0, 0.1) is 6.92 Å². The number of alkyl halides is 1. The Balaban J connectivity index is 2.35. The predicted octanol–water partition coefficient (Wildman–Crippen LogP) is 2.62. The molecular weight excluding hydrogens is 282 g/mol. The Hall–Kier alpha value is -1.03. The summed E-state index contributed by atoms with van der Waals surface area (Å²) in [5.41, 5.74) is 1.17. The molecule has 1 rings (SSSR count). The van der Waals surface area contributed by atoms with E-state index in [0.29, 0.717) is 13.2 Å². The molecule has 1 amide bonds. The van der Waals surface area contributed by atoms with E-state index in [1.54, 1.807) is 11.9 Å². The Morgan fingerprint density at radius 1 is 1.53 bits per heavy atom. The highest BCUT2D eigenvalue weighted by Crippen LogP contribution is 2.12. The molecule has 1 atom stereocenters. The quantitative estimate of drug-likeness (QED) is 0.782. The third-order valence-electron chi connectivity index (χ3n) is 2.40. The average Bonchev–Trinajstić information content (AvgIpc) is 2.27. The molecule has 0 radical (unpaired) electrons. The van der Waals surface area contributed by atoms with Crippen LogP contribution >= 0.6 is 15.9 Å². The first-order valence-corrected chi connectivity index (χ1v) is 6.51. The first-order chi connectivity index (χ1) is 8.00. The molecule has 1 aromatic rings. The van der Waals surface area contributed by atoms with Gasteiger partial charge in [-0.1, -0.05) is 28.1 Å². The molecule has 0 aliphatic rings. The summed E-state index contributed by atoms with van der Waals surface area (Å²) in [6, 6.07) is 7.88. The Labute approximate surface area is 111 Å². The van der Waals surface area contributed by atoms with Crippen molar-refractivity contribution in [1.82, 2.24) is 4.90 Å². The summed E-state index contributed by atoms with van der Waals surface area (Å²) in [5, 5.41) is 0. The summed E-state index contributed by atoms with van der Waals surface area (Å²) >= 11 is 3.25. The van der Waals surface area contributed by atoms with Gasteiger partial charge in [0.1, 0.15) is 12.4 Å². The minimum Gasteiger partial charge on any atom is -0.492 e. The van der Waals surface area contributed by atoms with Gasteiger partial charge in [-0.3, -0.25) is 4.79 Å². The summed E-state index contributed by atoms with van der Waals surface area (Å²) in [5.74, 6) is 0.913. The van der Waals surface area contributed by atoms with E-state index in [2.05, 4.69) is 15.9 Å². The van der Waals surface area contributed by atoms with Gasteiger partial charge in [-0.2, -0.15) is 0 Å². The van der Waals surface area contributed by atoms with Gasteiger partial charge >= 0.3 is 0 Å². The Morgan fingerprint density at radius 3 is 2.82 bits per heavy atom. The van der Waals surface area contributed by atoms with E-state index >= 15 is 0 Å². The highest BCUT2D eigenvalue weighted by molar-refractivity contribution is 9.10. The van der Waals surface area contributed by atoms with Crippen LogP contribution in [-0.2, 0) is 4.79 Å². The molecule has 4 heteroatoms. The maximum Gasteiger partial charge on any atom is 0.235 e. The van der Waals surface area contributed by atoms with Crippen LogP contribution < -0.4 is 4.74 Å². The van der Waals surface area contributed by atoms with Crippen molar-refractivity contribution in [2.75, 3.05) is 20.2 Å². The molecule has 0 N–H and O–H groups in total. The third kappa shape index (κ3) is 4.77. The number of aryl methyl sites for hydroxylation is 1. The highest BCUT2D eigenvalue weighted by atomic mass is 79.9. The lowest BCUT2D eigenvalue weighted by Crippen LogP contribution is -2.35. The standard InChI is InChI=1S/C13H18BrNO2/c1-10-5-4-6-12(9-10)17-8-7-15(3)13(16)11(2)14/h4-6,9,11H,7-8H2,1-3H3. The van der Waals surface area contributed by atoms with Gasteiger partial charge in [0.2, 0.25) is 5.91 Å². The maximum atomic E-state index is 11.6. The summed E-state index contributed by atoms with van der Waals surface area (Å²) < 4.78 is 5.58. The number of nitrogens with zero attached hydrogens (tertiary/aromatic N) is 1. The summed E-state index contributed by atoms with van der Waals surface area (Å²) in [6.45, 7) is 4.93. The molecule has 1 unspecified atom stereocenters. The van der Waals surface area contributed by atoms with Crippen LogP contribution in [0.5, 0.6) is 5.75 Å². The molecular formula is C13H18BrNO2. The van der Waals surface area contributed by atoms with Crippen LogP contribution in [0.1, 0.15) is 12.5 Å². The zero-order valence-electron chi connectivity index (χ0n) is 10.4. The highest BCUT2D eigenvalue weighted by Gasteiger charge is 2.13. The minimum absolute atomic E-state index is 0.0674. The number of benzene rings is 1. The predicted molar refractivity (Wildman–Crippen MR) is 72.7 cm³/mol. The molecule has 0 bridgehead atoms. The summed E-state index contributed by atoms with van der Waals surface area (Å²) in [4.78, 5) is 13.1. The average molecular weight is 300 g/mol. The fourth-order valence-corrected chi connectivity index (χ4v) is 1.77. The van der Waals surface area contributed by atoms with Crippen LogP contribution in [0.3, 0.4) is 0 Å². The monoisotopic (exact) mass is 299 g/mol. The van der Waals surface area contributed by atoms with E-state index in [1.165, 1.54) is 5.56 Å². The lowest BCUT2D eigenvalue weighted by atomic mass is 10.2. The van der Waals surface area contributed by atoms with E-state index in [-0.39, 0.29) is 10.7 Å². The number of ether oxygens (including phenoxy) is 1. The second kappa shape index (κ2) is 6.64. The molecule has 0 saturated heterocycles. The summed E-state index contributed by atoms with van der Waals surface area (Å²) in [6.07, 6.45) is 0. The van der Waals surface area contributed by atoms with Crippen molar-refractivity contribution in [3.8, 4) is 5.75 Å². The SMILES string of the molecule is Cc1cccc(OCCN(C)C(=O)C(C)Br)c1. The minimum atomic E-state index is -0.147. The summed E-state index contributed by atoms with van der Waals surface area (Å²) in [7, 11) is 1.78. The number of carbonyl (C=O) groups is 1. The molecule has 0 aliphatic heterocycles. The van der Waals surface area contributed by atoms with Gasteiger partial charge in [0.15, 0.2) is 0 Å². The Bertz CT molecular complexity index is 379. The van der Waals surface area contributed by atoms with Crippen molar-refractivity contribution < 1.29 is 9.53 Å². The first-order valence-electron chi connectivity index (χ1n) is 5.59. The number of halogens is 1. The zero-order chi connectivity index (χ0) is 12.8. The van der Waals surface area contributed by atoms with E-state index in [0.717, 1.165) is 5.75 Å². The smallest absolute Gasteiger partial charge is 0.235 e. The molecule has 0 fully saturated rings. The van der Waals surface area contributed by atoms with E-state index < -0.39 is 0 Å². The van der Waals surface area contributed by atoms with Gasteiger partial charge < -0.3 is 9.64 Å². The largest absolute Gasteiger partial charge is 0.492 e. The molecule has 0 spiro atoms. The Kier molecular flexibility index (Phi) is 5.48. The fourth-order valence-electron chi connectivity index (χ4n) is 1.42. The van der Waals surface area contributed by atoms with Crippen LogP contribution in [0.15, 0.2) is 24.3 Å². The van der Waals surface area contributed by atoms with Crippen LogP contribution in [0.25, 0.3) is 0 Å². The maximum absolute atomic E-state index is 11.6. The van der Waals surface area contributed by atoms with Crippen molar-refractivity contribution in [3.63, 3.8) is 0 Å². The van der Waals surface area contributed by atoms with Crippen molar-refractivity contribution >= 4 is 21.8 Å². The van der Waals surface area contributed by atoms with Crippen LogP contribution in [0.4, 0.5) is 0 Å². The second-order valence-electron chi connectivity index (χ2n) is 4.04. The zero-order valence-corrected chi connectivity index (χ0v) is 12.0. The van der Waals surface area contributed by atoms with Crippen molar-refractivity contribution in [2.24, 2.45) is 0 Å². The fraction of sp³-hybridized carbons (Fsp3) is 0.462. The Morgan fingerprint density at radius 2 is 2.24 bits per heavy atom. The number of amides is 1. The number of hydrogen-bond donors (Lipinski definition) is 0. The van der Waals surface area contributed by atoms with E-state index in [9.17, 15) is 4.79 Å². The molecule has 94 valence electrons. The second-order valence-corrected chi connectivity index (χ2v) is 5.41. The van der Waals surface area contributed by atoms with Gasteiger partial charge in [-0.15, -0.1) is 0 Å². The molecule has 17 heavy (non-hydrogen) atoms. The lowest BCUT2D eigenvalue weighted by molar-refractivity contribution is -0.129. The number of likely N-dealkylation sites (N-methyl/N-ethyl adjacent to an activating group) is 1. The van der Waals surface area contributed by atoms with Gasteiger partial charge in [0.05, 0.1) is 11.4 Å². The van der Waals surface area contributed by atoms with Crippen molar-refractivity contribution in [2.45, 2.75) is 18.7 Å². The van der Waals surface area contributed by atoms with Crippen molar-refractivity contribution in [3.05, 3.63) is 29.8 Å². The molecule has 0 aliphatic carbocycles. The topological polar surface area (TPSA) is 29.5 Å². The molecule has 3 nitrogen and oxygen atoms in total. The van der Waals surface area contributed by atoms with Gasteiger partial charge in [0, 0.05) is 7.05 Å². The van der Waals surface area contributed by atoms with Gasteiger partial charge in [-0.05, 0) is 31.5 Å². The number of carbonyl (C=O) groups excluding carboxylic acids is 1. The molecule has 0 aromatic heterocycles. The van der Waals surface area contributed by atoms with Crippen molar-refractivity contribution in [1.29, 1.82) is 0 Å². The number of hydrogen-bond acceptors (Lipinski definition) is 2. The molecule has 0 saturated carbocycles.